The van der Waals surface area contributed by atoms with Crippen LogP contribution in [-0.2, 0) is 11.3 Å². The lowest BCUT2D eigenvalue weighted by Crippen LogP contribution is -2.45. The molecule has 8 heteroatoms. The summed E-state index contributed by atoms with van der Waals surface area (Å²) >= 11 is 1.67. The molecule has 0 bridgehead atoms. The van der Waals surface area contributed by atoms with Gasteiger partial charge in [-0.15, -0.1) is 11.3 Å². The molecule has 2 amide bonds. The Morgan fingerprint density at radius 2 is 2.18 bits per heavy atom. The third kappa shape index (κ3) is 3.28. The summed E-state index contributed by atoms with van der Waals surface area (Å²) in [6.45, 7) is 3.09. The molecule has 0 radical (unpaired) electrons. The van der Waals surface area contributed by atoms with Crippen molar-refractivity contribution in [2.45, 2.75) is 32.4 Å². The zero-order valence-corrected chi connectivity index (χ0v) is 17.1. The van der Waals surface area contributed by atoms with Crippen molar-refractivity contribution >= 4 is 34.2 Å². The molecule has 0 N–H and O–H groups in total. The van der Waals surface area contributed by atoms with Crippen molar-refractivity contribution in [2.24, 2.45) is 0 Å². The number of thiophene rings is 1. The van der Waals surface area contributed by atoms with Gasteiger partial charge in [0.25, 0.3) is 5.91 Å². The quantitative estimate of drug-likeness (QED) is 0.678. The van der Waals surface area contributed by atoms with Crippen LogP contribution in [0.15, 0.2) is 29.8 Å². The van der Waals surface area contributed by atoms with Crippen molar-refractivity contribution in [1.82, 2.24) is 24.6 Å². The standard InChI is InChI=1S/C20H23N5O2S/c1-13-10-15(19(26)24-8-4-7-17(24)20(27)23(2)3)16-11-21-25(18(16)22-13)12-14-6-5-9-28-14/h5-6,9-11,17H,4,7-8,12H2,1-3H3. The number of hydrogen-bond acceptors (Lipinski definition) is 5. The summed E-state index contributed by atoms with van der Waals surface area (Å²) in [5.41, 5.74) is 2.03. The predicted molar refractivity (Wildman–Crippen MR) is 108 cm³/mol. The lowest BCUT2D eigenvalue weighted by atomic mass is 10.1. The second kappa shape index (κ2) is 7.35. The summed E-state index contributed by atoms with van der Waals surface area (Å²) in [5.74, 6) is -0.148. The number of carbonyl (C=O) groups excluding carboxylic acids is 2. The summed E-state index contributed by atoms with van der Waals surface area (Å²) in [7, 11) is 3.46. The van der Waals surface area contributed by atoms with E-state index in [0.717, 1.165) is 17.5 Å². The van der Waals surface area contributed by atoms with E-state index >= 15 is 0 Å². The minimum atomic E-state index is -0.396. The smallest absolute Gasteiger partial charge is 0.255 e. The number of fused-ring (bicyclic) bond motifs is 1. The molecule has 1 atom stereocenters. The fraction of sp³-hybridized carbons (Fsp3) is 0.400. The molecule has 28 heavy (non-hydrogen) atoms. The number of pyridine rings is 1. The van der Waals surface area contributed by atoms with E-state index in [2.05, 4.69) is 16.1 Å². The molecule has 3 aromatic rings. The zero-order chi connectivity index (χ0) is 19.8. The Hall–Kier alpha value is -2.74. The van der Waals surface area contributed by atoms with Crippen LogP contribution in [0.5, 0.6) is 0 Å². The second-order valence-corrected chi connectivity index (χ2v) is 8.35. The van der Waals surface area contributed by atoms with Crippen LogP contribution in [0.25, 0.3) is 11.0 Å². The minimum absolute atomic E-state index is 0.0266. The first-order valence-electron chi connectivity index (χ1n) is 9.33. The lowest BCUT2D eigenvalue weighted by molar-refractivity contribution is -0.132. The molecule has 1 aliphatic rings. The van der Waals surface area contributed by atoms with E-state index in [9.17, 15) is 9.59 Å². The molecular weight excluding hydrogens is 374 g/mol. The van der Waals surface area contributed by atoms with E-state index in [1.165, 1.54) is 4.88 Å². The van der Waals surface area contributed by atoms with Crippen LogP contribution in [0.4, 0.5) is 0 Å². The van der Waals surface area contributed by atoms with Gasteiger partial charge in [0.05, 0.1) is 23.7 Å². The van der Waals surface area contributed by atoms with Crippen LogP contribution in [0, 0.1) is 6.92 Å². The highest BCUT2D eigenvalue weighted by Crippen LogP contribution is 2.26. The fourth-order valence-corrected chi connectivity index (χ4v) is 4.42. The topological polar surface area (TPSA) is 71.3 Å². The molecule has 0 aliphatic carbocycles. The van der Waals surface area contributed by atoms with E-state index in [0.29, 0.717) is 30.7 Å². The first kappa shape index (κ1) is 18.6. The molecular formula is C20H23N5O2S. The molecule has 0 aromatic carbocycles. The van der Waals surface area contributed by atoms with Gasteiger partial charge in [-0.3, -0.25) is 9.59 Å². The number of rotatable bonds is 4. The molecule has 1 fully saturated rings. The van der Waals surface area contributed by atoms with Crippen LogP contribution in [0.3, 0.4) is 0 Å². The first-order chi connectivity index (χ1) is 13.5. The van der Waals surface area contributed by atoms with Gasteiger partial charge in [-0.2, -0.15) is 5.10 Å². The third-order valence-corrected chi connectivity index (χ3v) is 5.95. The van der Waals surface area contributed by atoms with Crippen molar-refractivity contribution in [3.8, 4) is 0 Å². The number of likely N-dealkylation sites (N-methyl/N-ethyl adjacent to an activating group) is 1. The zero-order valence-electron chi connectivity index (χ0n) is 16.3. The predicted octanol–water partition coefficient (Wildman–Crippen LogP) is 2.54. The molecule has 146 valence electrons. The van der Waals surface area contributed by atoms with E-state index in [1.807, 2.05) is 23.1 Å². The highest BCUT2D eigenvalue weighted by atomic mass is 32.1. The number of aryl methyl sites for hydroxylation is 1. The fourth-order valence-electron chi connectivity index (χ4n) is 3.73. The van der Waals surface area contributed by atoms with Gasteiger partial charge in [-0.25, -0.2) is 9.67 Å². The molecule has 4 rings (SSSR count). The number of carbonyl (C=O) groups is 2. The van der Waals surface area contributed by atoms with Crippen molar-refractivity contribution in [2.75, 3.05) is 20.6 Å². The molecule has 0 saturated carbocycles. The Kier molecular flexibility index (Phi) is 4.89. The monoisotopic (exact) mass is 397 g/mol. The Bertz CT molecular complexity index is 1020. The second-order valence-electron chi connectivity index (χ2n) is 7.32. The van der Waals surface area contributed by atoms with E-state index in [4.69, 9.17) is 0 Å². The Morgan fingerprint density at radius 3 is 2.89 bits per heavy atom. The van der Waals surface area contributed by atoms with E-state index in [-0.39, 0.29) is 11.8 Å². The van der Waals surface area contributed by atoms with Gasteiger partial charge in [0, 0.05) is 31.2 Å². The average Bonchev–Trinajstić information content (AvgIpc) is 3.41. The molecule has 1 saturated heterocycles. The van der Waals surface area contributed by atoms with Crippen LogP contribution in [0.1, 0.15) is 33.8 Å². The minimum Gasteiger partial charge on any atom is -0.347 e. The molecule has 1 aliphatic heterocycles. The third-order valence-electron chi connectivity index (χ3n) is 5.09. The summed E-state index contributed by atoms with van der Waals surface area (Å²) in [5, 5.41) is 7.24. The molecule has 1 unspecified atom stereocenters. The number of aromatic nitrogens is 3. The van der Waals surface area contributed by atoms with Gasteiger partial charge in [-0.1, -0.05) is 6.07 Å². The normalized spacial score (nSPS) is 16.7. The van der Waals surface area contributed by atoms with E-state index in [1.54, 1.807) is 47.5 Å². The molecule has 0 spiro atoms. The number of nitrogens with zero attached hydrogens (tertiary/aromatic N) is 5. The maximum Gasteiger partial charge on any atom is 0.255 e. The Balaban J connectivity index is 1.71. The van der Waals surface area contributed by atoms with Gasteiger partial charge >= 0.3 is 0 Å². The van der Waals surface area contributed by atoms with Crippen molar-refractivity contribution in [3.63, 3.8) is 0 Å². The summed E-state index contributed by atoms with van der Waals surface area (Å²) < 4.78 is 1.83. The Morgan fingerprint density at radius 1 is 1.36 bits per heavy atom. The molecule has 4 heterocycles. The van der Waals surface area contributed by atoms with Gasteiger partial charge in [-0.05, 0) is 37.3 Å². The van der Waals surface area contributed by atoms with Crippen LogP contribution >= 0.6 is 11.3 Å². The van der Waals surface area contributed by atoms with E-state index < -0.39 is 6.04 Å². The summed E-state index contributed by atoms with van der Waals surface area (Å²) in [6, 6.07) is 5.47. The highest BCUT2D eigenvalue weighted by Gasteiger charge is 2.36. The SMILES string of the molecule is Cc1cc(C(=O)N2CCCC2C(=O)N(C)C)c2cnn(Cc3cccs3)c2n1. The van der Waals surface area contributed by atoms with Gasteiger partial charge in [0.2, 0.25) is 5.91 Å². The number of hydrogen-bond donors (Lipinski definition) is 0. The summed E-state index contributed by atoms with van der Waals surface area (Å²) in [4.78, 5) is 34.9. The van der Waals surface area contributed by atoms with Gasteiger partial charge < -0.3 is 9.80 Å². The first-order valence-corrected chi connectivity index (χ1v) is 10.2. The largest absolute Gasteiger partial charge is 0.347 e. The van der Waals surface area contributed by atoms with Crippen molar-refractivity contribution in [3.05, 3.63) is 45.9 Å². The van der Waals surface area contributed by atoms with Gasteiger partial charge in [0.15, 0.2) is 5.65 Å². The van der Waals surface area contributed by atoms with Crippen LogP contribution in [0.2, 0.25) is 0 Å². The maximum absolute atomic E-state index is 13.4. The number of amides is 2. The van der Waals surface area contributed by atoms with Crippen LogP contribution < -0.4 is 0 Å². The maximum atomic E-state index is 13.4. The summed E-state index contributed by atoms with van der Waals surface area (Å²) in [6.07, 6.45) is 3.25. The van der Waals surface area contributed by atoms with Crippen LogP contribution in [-0.4, -0.2) is 63.1 Å². The number of likely N-dealkylation sites (tertiary alicyclic amines) is 1. The van der Waals surface area contributed by atoms with Crippen molar-refractivity contribution in [1.29, 1.82) is 0 Å². The lowest BCUT2D eigenvalue weighted by Gasteiger charge is -2.26. The molecule has 7 nitrogen and oxygen atoms in total. The van der Waals surface area contributed by atoms with Crippen molar-refractivity contribution < 1.29 is 9.59 Å². The Labute approximate surface area is 167 Å². The highest BCUT2D eigenvalue weighted by molar-refractivity contribution is 7.09. The molecule has 3 aromatic heterocycles. The van der Waals surface area contributed by atoms with Gasteiger partial charge in [0.1, 0.15) is 6.04 Å². The average molecular weight is 398 g/mol.